The fourth-order valence-corrected chi connectivity index (χ4v) is 2.65. The number of anilines is 1. The third-order valence-electron chi connectivity index (χ3n) is 4.07. The average molecular weight is 403 g/mol. The first-order chi connectivity index (χ1) is 13.8. The highest BCUT2D eigenvalue weighted by Gasteiger charge is 2.19. The lowest BCUT2D eigenvalue weighted by atomic mass is 10.2. The van der Waals surface area contributed by atoms with Crippen LogP contribution in [0.15, 0.2) is 39.0 Å². The summed E-state index contributed by atoms with van der Waals surface area (Å²) < 4.78 is 2.40. The highest BCUT2D eigenvalue weighted by atomic mass is 16.6. The van der Waals surface area contributed by atoms with E-state index in [1.807, 2.05) is 0 Å². The lowest BCUT2D eigenvalue weighted by Gasteiger charge is -2.11. The molecule has 13 nitrogen and oxygen atoms in total. The van der Waals surface area contributed by atoms with E-state index in [2.05, 4.69) is 20.5 Å². The molecule has 1 atom stereocenters. The smallest absolute Gasteiger partial charge is 0.329 e. The first kappa shape index (κ1) is 19.9. The number of imidazole rings is 1. The summed E-state index contributed by atoms with van der Waals surface area (Å²) in [5, 5.41) is 33.7. The van der Waals surface area contributed by atoms with Crippen LogP contribution in [0.2, 0.25) is 0 Å². The van der Waals surface area contributed by atoms with Gasteiger partial charge in [0.15, 0.2) is 11.2 Å². The summed E-state index contributed by atoms with van der Waals surface area (Å²) in [6.07, 6.45) is 0.118. The number of benzene rings is 1. The van der Waals surface area contributed by atoms with Crippen LogP contribution in [-0.4, -0.2) is 53.2 Å². The van der Waals surface area contributed by atoms with E-state index >= 15 is 0 Å². The predicted molar refractivity (Wildman–Crippen MR) is 103 cm³/mol. The van der Waals surface area contributed by atoms with Crippen LogP contribution >= 0.6 is 0 Å². The third-order valence-corrected chi connectivity index (χ3v) is 4.07. The van der Waals surface area contributed by atoms with Crippen LogP contribution in [0.3, 0.4) is 0 Å². The van der Waals surface area contributed by atoms with Gasteiger partial charge in [0.2, 0.25) is 5.95 Å². The number of hydrogen-bond acceptors (Lipinski definition) is 9. The maximum Gasteiger partial charge on any atom is 0.329 e. The second-order valence-corrected chi connectivity index (χ2v) is 6.10. The Morgan fingerprint density at radius 2 is 2.21 bits per heavy atom. The van der Waals surface area contributed by atoms with Crippen LogP contribution in [0.1, 0.15) is 5.56 Å². The molecule has 0 aliphatic heterocycles. The van der Waals surface area contributed by atoms with Crippen molar-refractivity contribution in [1.82, 2.24) is 19.1 Å². The lowest BCUT2D eigenvalue weighted by Crippen LogP contribution is -2.30. The fourth-order valence-electron chi connectivity index (χ4n) is 2.65. The van der Waals surface area contributed by atoms with Crippen LogP contribution in [-0.2, 0) is 13.6 Å². The van der Waals surface area contributed by atoms with Crippen molar-refractivity contribution in [2.24, 2.45) is 12.1 Å². The van der Waals surface area contributed by atoms with Crippen LogP contribution in [0.4, 0.5) is 11.6 Å². The summed E-state index contributed by atoms with van der Waals surface area (Å²) in [5.41, 5.74) is 1.61. The number of aromatic nitrogens is 4. The number of nitro groups is 1. The van der Waals surface area contributed by atoms with Gasteiger partial charge in [-0.05, 0) is 0 Å². The molecule has 0 aliphatic carbocycles. The largest absolute Gasteiger partial charge is 0.394 e. The molecule has 0 saturated carbocycles. The summed E-state index contributed by atoms with van der Waals surface area (Å²) in [5.74, 6) is 0.0286. The zero-order chi connectivity index (χ0) is 21.1. The zero-order valence-electron chi connectivity index (χ0n) is 15.1. The molecular weight excluding hydrogens is 386 g/mol. The Kier molecular flexibility index (Phi) is 5.52. The number of non-ortho nitro benzene ring substituents is 1. The van der Waals surface area contributed by atoms with E-state index in [-0.39, 0.29) is 29.3 Å². The van der Waals surface area contributed by atoms with Gasteiger partial charge in [0.1, 0.15) is 0 Å². The number of nitrogens with one attached hydrogen (secondary N) is 2. The monoisotopic (exact) mass is 403 g/mol. The molecule has 2 heterocycles. The number of H-pyrrole nitrogens is 1. The molecule has 152 valence electrons. The molecule has 13 heteroatoms. The number of rotatable bonds is 7. The summed E-state index contributed by atoms with van der Waals surface area (Å²) in [6.45, 7) is -0.747. The predicted octanol–water partition coefficient (Wildman–Crippen LogP) is -0.869. The third kappa shape index (κ3) is 4.04. The number of aliphatic hydroxyl groups excluding tert-OH is 2. The van der Waals surface area contributed by atoms with Crippen LogP contribution in [0, 0.1) is 10.1 Å². The number of aryl methyl sites for hydroxylation is 1. The number of fused-ring (bicyclic) bond motifs is 1. The molecule has 3 rings (SSSR count). The molecule has 2 aromatic heterocycles. The molecule has 3 aromatic rings. The van der Waals surface area contributed by atoms with Crippen LogP contribution in [0.25, 0.3) is 11.2 Å². The Morgan fingerprint density at radius 1 is 1.45 bits per heavy atom. The van der Waals surface area contributed by atoms with Gasteiger partial charge in [0, 0.05) is 24.7 Å². The molecule has 29 heavy (non-hydrogen) atoms. The topological polar surface area (TPSA) is 181 Å². The van der Waals surface area contributed by atoms with Gasteiger partial charge in [-0.2, -0.15) is 10.1 Å². The fraction of sp³-hybridized carbons (Fsp3) is 0.250. The van der Waals surface area contributed by atoms with Gasteiger partial charge in [-0.3, -0.25) is 24.5 Å². The second-order valence-electron chi connectivity index (χ2n) is 6.10. The van der Waals surface area contributed by atoms with Crippen molar-refractivity contribution in [3.05, 3.63) is 60.8 Å². The van der Waals surface area contributed by atoms with Gasteiger partial charge in [0.25, 0.3) is 11.2 Å². The Labute approximate surface area is 161 Å². The van der Waals surface area contributed by atoms with E-state index in [1.54, 1.807) is 6.07 Å². The van der Waals surface area contributed by atoms with Crippen molar-refractivity contribution in [2.75, 3.05) is 12.0 Å². The van der Waals surface area contributed by atoms with Crippen molar-refractivity contribution in [3.63, 3.8) is 0 Å². The zero-order valence-corrected chi connectivity index (χ0v) is 15.1. The standard InChI is InChI=1S/C16H17N7O6/c1-21-13-12(14(26)19-16(21)27)22(7-11(25)8-24)15(18-13)20-17-6-9-3-2-4-10(5-9)23(28)29/h2-6,11,24-25H,7-8H2,1H3,(H,18,20)(H,19,26,27). The number of hydrogen-bond donors (Lipinski definition) is 4. The quantitative estimate of drug-likeness (QED) is 0.223. The van der Waals surface area contributed by atoms with Crippen molar-refractivity contribution in [2.45, 2.75) is 12.6 Å². The Morgan fingerprint density at radius 3 is 2.90 bits per heavy atom. The van der Waals surface area contributed by atoms with Gasteiger partial charge < -0.3 is 14.8 Å². The van der Waals surface area contributed by atoms with Gasteiger partial charge in [-0.15, -0.1) is 0 Å². The first-order valence-electron chi connectivity index (χ1n) is 8.33. The Hall–Kier alpha value is -3.84. The summed E-state index contributed by atoms with van der Waals surface area (Å²) in [7, 11) is 1.41. The van der Waals surface area contributed by atoms with Gasteiger partial charge in [-0.1, -0.05) is 12.1 Å². The van der Waals surface area contributed by atoms with E-state index in [9.17, 15) is 24.8 Å². The molecule has 4 N–H and O–H groups in total. The maximum atomic E-state index is 12.2. The normalized spacial score (nSPS) is 12.5. The molecule has 0 aliphatic rings. The molecule has 0 saturated heterocycles. The minimum absolute atomic E-state index is 0.00708. The highest BCUT2D eigenvalue weighted by molar-refractivity contribution is 5.81. The second kappa shape index (κ2) is 8.04. The Bertz CT molecular complexity index is 1210. The van der Waals surface area contributed by atoms with Crippen LogP contribution < -0.4 is 16.7 Å². The van der Waals surface area contributed by atoms with Gasteiger partial charge in [0.05, 0.1) is 30.4 Å². The van der Waals surface area contributed by atoms with Crippen molar-refractivity contribution in [3.8, 4) is 0 Å². The van der Waals surface area contributed by atoms with Crippen molar-refractivity contribution in [1.29, 1.82) is 0 Å². The number of aromatic amines is 1. The van der Waals surface area contributed by atoms with E-state index in [4.69, 9.17) is 5.11 Å². The highest BCUT2D eigenvalue weighted by Crippen LogP contribution is 2.16. The van der Waals surface area contributed by atoms with Gasteiger partial charge >= 0.3 is 5.69 Å². The molecular formula is C16H17N7O6. The number of nitro benzene ring substituents is 1. The SMILES string of the molecule is Cn1c(=O)[nH]c(=O)c2c1nc(NN=Cc1cccc([N+](=O)[O-])c1)n2CC(O)CO. The molecule has 0 fully saturated rings. The summed E-state index contributed by atoms with van der Waals surface area (Å²) >= 11 is 0. The maximum absolute atomic E-state index is 12.2. The molecule has 0 bridgehead atoms. The molecule has 0 radical (unpaired) electrons. The van der Waals surface area contributed by atoms with E-state index in [0.717, 1.165) is 4.57 Å². The molecule has 1 unspecified atom stereocenters. The average Bonchev–Trinajstić information content (AvgIpc) is 3.05. The molecule has 0 spiro atoms. The van der Waals surface area contributed by atoms with E-state index < -0.39 is 28.9 Å². The minimum atomic E-state index is -1.19. The first-order valence-corrected chi connectivity index (χ1v) is 8.33. The van der Waals surface area contributed by atoms with Crippen LogP contribution in [0.5, 0.6) is 0 Å². The van der Waals surface area contributed by atoms with E-state index in [1.165, 1.54) is 36.0 Å². The number of nitrogens with zero attached hydrogens (tertiary/aromatic N) is 5. The van der Waals surface area contributed by atoms with Gasteiger partial charge in [-0.25, -0.2) is 10.2 Å². The van der Waals surface area contributed by atoms with Crippen molar-refractivity contribution >= 4 is 29.0 Å². The summed E-state index contributed by atoms with van der Waals surface area (Å²) in [6, 6.07) is 5.76. The molecule has 0 amide bonds. The lowest BCUT2D eigenvalue weighted by molar-refractivity contribution is -0.384. The minimum Gasteiger partial charge on any atom is -0.394 e. The summed E-state index contributed by atoms with van der Waals surface area (Å²) in [4.78, 5) is 40.7. The van der Waals surface area contributed by atoms with E-state index in [0.29, 0.717) is 5.56 Å². The Balaban J connectivity index is 2.01. The molecule has 1 aromatic carbocycles. The van der Waals surface area contributed by atoms with Crippen molar-refractivity contribution < 1.29 is 15.1 Å². The number of hydrazone groups is 1. The number of aliphatic hydroxyl groups is 2.